The zero-order valence-corrected chi connectivity index (χ0v) is 11.7. The minimum absolute atomic E-state index is 0.0173. The molecule has 0 bridgehead atoms. The van der Waals surface area contributed by atoms with Gasteiger partial charge in [0, 0.05) is 6.54 Å². The number of carbonyl (C=O) groups is 3. The van der Waals surface area contributed by atoms with E-state index in [1.807, 2.05) is 20.8 Å². The number of aromatic carboxylic acids is 1. The Morgan fingerprint density at radius 2 is 1.75 bits per heavy atom. The van der Waals surface area contributed by atoms with Crippen LogP contribution >= 0.6 is 0 Å². The Bertz CT molecular complexity index is 592. The van der Waals surface area contributed by atoms with Crippen molar-refractivity contribution in [1.29, 1.82) is 0 Å². The lowest BCUT2D eigenvalue weighted by atomic mass is 9.98. The largest absolute Gasteiger partial charge is 0.478 e. The van der Waals surface area contributed by atoms with Gasteiger partial charge in [-0.05, 0) is 30.0 Å². The van der Waals surface area contributed by atoms with E-state index in [4.69, 9.17) is 5.11 Å². The van der Waals surface area contributed by atoms with Gasteiger partial charge in [0.1, 0.15) is 0 Å². The third-order valence-corrected chi connectivity index (χ3v) is 3.83. The van der Waals surface area contributed by atoms with Crippen LogP contribution in [0.25, 0.3) is 0 Å². The van der Waals surface area contributed by atoms with Gasteiger partial charge in [-0.15, -0.1) is 0 Å². The first-order valence-corrected chi connectivity index (χ1v) is 6.56. The fraction of sp³-hybridized carbons (Fsp3) is 0.400. The quantitative estimate of drug-likeness (QED) is 0.855. The average Bonchev–Trinajstić information content (AvgIpc) is 2.63. The van der Waals surface area contributed by atoms with Gasteiger partial charge >= 0.3 is 5.97 Å². The van der Waals surface area contributed by atoms with Crippen LogP contribution < -0.4 is 0 Å². The number of carbonyl (C=O) groups excluding carboxylic acids is 2. The summed E-state index contributed by atoms with van der Waals surface area (Å²) < 4.78 is 0. The van der Waals surface area contributed by atoms with Gasteiger partial charge < -0.3 is 5.11 Å². The summed E-state index contributed by atoms with van der Waals surface area (Å²) in [6.07, 6.45) is 0. The molecule has 1 unspecified atom stereocenters. The van der Waals surface area contributed by atoms with Crippen LogP contribution in [-0.2, 0) is 0 Å². The first kappa shape index (κ1) is 14.2. The predicted octanol–water partition coefficient (Wildman–Crippen LogP) is 2.27. The van der Waals surface area contributed by atoms with Crippen molar-refractivity contribution >= 4 is 17.8 Å². The molecule has 0 saturated heterocycles. The van der Waals surface area contributed by atoms with Crippen molar-refractivity contribution in [3.8, 4) is 0 Å². The van der Waals surface area contributed by atoms with Gasteiger partial charge in [-0.3, -0.25) is 14.5 Å². The van der Waals surface area contributed by atoms with E-state index in [9.17, 15) is 14.4 Å². The molecule has 1 heterocycles. The molecule has 2 amide bonds. The molecule has 1 aliphatic heterocycles. The van der Waals surface area contributed by atoms with Gasteiger partial charge in [-0.2, -0.15) is 0 Å². The Hall–Kier alpha value is -2.17. The normalized spacial score (nSPS) is 15.7. The van der Waals surface area contributed by atoms with Crippen molar-refractivity contribution in [3.63, 3.8) is 0 Å². The molecule has 106 valence electrons. The molecule has 0 aromatic heterocycles. The second-order valence-electron chi connectivity index (χ2n) is 5.51. The van der Waals surface area contributed by atoms with Crippen LogP contribution in [0.3, 0.4) is 0 Å². The molecule has 2 rings (SSSR count). The fourth-order valence-corrected chi connectivity index (χ4v) is 2.09. The summed E-state index contributed by atoms with van der Waals surface area (Å²) in [6, 6.07) is 4.04. The summed E-state index contributed by atoms with van der Waals surface area (Å²) in [5, 5.41) is 8.94. The molecule has 1 atom stereocenters. The Labute approximate surface area is 117 Å². The number of nitrogens with zero attached hydrogens (tertiary/aromatic N) is 1. The van der Waals surface area contributed by atoms with Crippen LogP contribution in [0.5, 0.6) is 0 Å². The van der Waals surface area contributed by atoms with E-state index >= 15 is 0 Å². The van der Waals surface area contributed by atoms with Crippen LogP contribution in [0.2, 0.25) is 0 Å². The van der Waals surface area contributed by atoms with E-state index in [-0.39, 0.29) is 28.5 Å². The van der Waals surface area contributed by atoms with Crippen LogP contribution in [-0.4, -0.2) is 34.3 Å². The maximum Gasteiger partial charge on any atom is 0.335 e. The fourth-order valence-electron chi connectivity index (χ4n) is 2.09. The Morgan fingerprint density at radius 3 is 2.30 bits per heavy atom. The molecule has 1 aromatic rings. The van der Waals surface area contributed by atoms with Crippen LogP contribution in [0.15, 0.2) is 18.2 Å². The number of hydrogen-bond donors (Lipinski definition) is 1. The highest BCUT2D eigenvalue weighted by Gasteiger charge is 2.36. The highest BCUT2D eigenvalue weighted by Crippen LogP contribution is 2.26. The maximum absolute atomic E-state index is 12.3. The molecule has 0 fully saturated rings. The van der Waals surface area contributed by atoms with E-state index < -0.39 is 11.9 Å². The Kier molecular flexibility index (Phi) is 3.61. The molecule has 0 radical (unpaired) electrons. The molecular weight excluding hydrogens is 258 g/mol. The van der Waals surface area contributed by atoms with Crippen molar-refractivity contribution in [2.75, 3.05) is 6.54 Å². The number of benzene rings is 1. The second-order valence-corrected chi connectivity index (χ2v) is 5.51. The standard InChI is InChI=1S/C15H17NO4/c1-8(2)9(3)7-16-13(17)11-5-4-10(15(19)20)6-12(11)14(16)18/h4-6,8-9H,7H2,1-3H3,(H,19,20). The molecule has 5 heteroatoms. The smallest absolute Gasteiger partial charge is 0.335 e. The molecule has 20 heavy (non-hydrogen) atoms. The molecule has 0 aliphatic carbocycles. The SMILES string of the molecule is CC(C)C(C)CN1C(=O)c2ccc(C(=O)O)cc2C1=O. The van der Waals surface area contributed by atoms with E-state index in [2.05, 4.69) is 0 Å². The van der Waals surface area contributed by atoms with Gasteiger partial charge in [0.15, 0.2) is 0 Å². The zero-order valence-electron chi connectivity index (χ0n) is 11.7. The van der Waals surface area contributed by atoms with Crippen molar-refractivity contribution < 1.29 is 19.5 Å². The summed E-state index contributed by atoms with van der Waals surface area (Å²) in [4.78, 5) is 36.6. The highest BCUT2D eigenvalue weighted by molar-refractivity contribution is 6.21. The molecule has 5 nitrogen and oxygen atoms in total. The minimum atomic E-state index is -1.11. The first-order chi connectivity index (χ1) is 9.32. The second kappa shape index (κ2) is 5.07. The number of carboxylic acid groups (broad SMARTS) is 1. The monoisotopic (exact) mass is 275 g/mol. The molecule has 0 saturated carbocycles. The number of fused-ring (bicyclic) bond motifs is 1. The van der Waals surface area contributed by atoms with E-state index in [1.165, 1.54) is 23.1 Å². The summed E-state index contributed by atoms with van der Waals surface area (Å²) in [6.45, 7) is 6.40. The maximum atomic E-state index is 12.3. The van der Waals surface area contributed by atoms with Crippen molar-refractivity contribution in [2.45, 2.75) is 20.8 Å². The number of hydrogen-bond acceptors (Lipinski definition) is 3. The molecule has 0 spiro atoms. The third-order valence-electron chi connectivity index (χ3n) is 3.83. The van der Waals surface area contributed by atoms with Crippen molar-refractivity contribution in [1.82, 2.24) is 4.90 Å². The number of carboxylic acids is 1. The molecule has 1 aliphatic rings. The third kappa shape index (κ3) is 2.31. The van der Waals surface area contributed by atoms with Gasteiger partial charge in [-0.25, -0.2) is 4.79 Å². The van der Waals surface area contributed by atoms with Gasteiger partial charge in [0.05, 0.1) is 16.7 Å². The lowest BCUT2D eigenvalue weighted by molar-refractivity contribution is 0.0620. The Balaban J connectivity index is 2.33. The number of imide groups is 1. The average molecular weight is 275 g/mol. The summed E-state index contributed by atoms with van der Waals surface area (Å²) >= 11 is 0. The topological polar surface area (TPSA) is 74.7 Å². The molecular formula is C15H17NO4. The lowest BCUT2D eigenvalue weighted by Gasteiger charge is -2.21. The molecule has 1 N–H and O–H groups in total. The number of rotatable bonds is 4. The van der Waals surface area contributed by atoms with E-state index in [0.29, 0.717) is 12.5 Å². The van der Waals surface area contributed by atoms with Crippen LogP contribution in [0, 0.1) is 11.8 Å². The summed E-state index contributed by atoms with van der Waals surface area (Å²) in [5.41, 5.74) is 0.491. The van der Waals surface area contributed by atoms with Gasteiger partial charge in [0.2, 0.25) is 0 Å². The highest BCUT2D eigenvalue weighted by atomic mass is 16.4. The Morgan fingerprint density at radius 1 is 1.15 bits per heavy atom. The summed E-state index contributed by atoms with van der Waals surface area (Å²) in [5.74, 6) is -1.30. The molecule has 1 aromatic carbocycles. The van der Waals surface area contributed by atoms with E-state index in [0.717, 1.165) is 0 Å². The van der Waals surface area contributed by atoms with E-state index in [1.54, 1.807) is 0 Å². The van der Waals surface area contributed by atoms with Crippen LogP contribution in [0.4, 0.5) is 0 Å². The van der Waals surface area contributed by atoms with Crippen molar-refractivity contribution in [2.24, 2.45) is 11.8 Å². The zero-order chi connectivity index (χ0) is 15.0. The summed E-state index contributed by atoms with van der Waals surface area (Å²) in [7, 11) is 0. The first-order valence-electron chi connectivity index (χ1n) is 6.56. The predicted molar refractivity (Wildman–Crippen MR) is 72.8 cm³/mol. The van der Waals surface area contributed by atoms with Crippen molar-refractivity contribution in [3.05, 3.63) is 34.9 Å². The minimum Gasteiger partial charge on any atom is -0.478 e. The lowest BCUT2D eigenvalue weighted by Crippen LogP contribution is -2.35. The van der Waals surface area contributed by atoms with Gasteiger partial charge in [-0.1, -0.05) is 20.8 Å². The number of amides is 2. The van der Waals surface area contributed by atoms with Gasteiger partial charge in [0.25, 0.3) is 11.8 Å². The van der Waals surface area contributed by atoms with Crippen LogP contribution in [0.1, 0.15) is 51.8 Å².